The second-order valence-corrected chi connectivity index (χ2v) is 3.98. The Morgan fingerprint density at radius 3 is 1.30 bits per heavy atom. The van der Waals surface area contributed by atoms with Gasteiger partial charge in [-0.2, -0.15) is 0 Å². The van der Waals surface area contributed by atoms with E-state index in [0.717, 1.165) is 26.2 Å². The third-order valence-electron chi connectivity index (χ3n) is 2.24. The average molecular weight is 296 g/mol. The van der Waals surface area contributed by atoms with Gasteiger partial charge in [0.25, 0.3) is 0 Å². The van der Waals surface area contributed by atoms with Gasteiger partial charge in [-0.15, -0.1) is 0 Å². The van der Waals surface area contributed by atoms with Crippen LogP contribution in [0, 0.1) is 0 Å². The van der Waals surface area contributed by atoms with Crippen molar-refractivity contribution in [2.24, 2.45) is 0 Å². The summed E-state index contributed by atoms with van der Waals surface area (Å²) in [4.78, 5) is 30.5. The number of carboxylic acids is 3. The molecule has 0 bridgehead atoms. The number of carboxylic acid groups (broad SMARTS) is 3. The van der Waals surface area contributed by atoms with Crippen LogP contribution in [0.5, 0.6) is 0 Å². The van der Waals surface area contributed by atoms with Gasteiger partial charge in [-0.3, -0.25) is 9.59 Å². The van der Waals surface area contributed by atoms with Crippen molar-refractivity contribution in [2.75, 3.05) is 26.2 Å². The van der Waals surface area contributed by atoms with E-state index in [-0.39, 0.29) is 5.48 Å². The minimum Gasteiger partial charge on any atom is -0.481 e. The van der Waals surface area contributed by atoms with Crippen LogP contribution in [0.15, 0.2) is 0 Å². The molecule has 1 heterocycles. The average Bonchev–Trinajstić information content (AvgIpc) is 2.29. The predicted octanol–water partition coefficient (Wildman–Crippen LogP) is -2.89. The fourth-order valence-electron chi connectivity index (χ4n) is 1.32. The number of nitrogens with one attached hydrogen (secondary N) is 2. The van der Waals surface area contributed by atoms with Crippen LogP contribution >= 0.6 is 0 Å². The van der Waals surface area contributed by atoms with E-state index in [1.54, 1.807) is 0 Å². The Balaban J connectivity index is 0. The van der Waals surface area contributed by atoms with Crippen LogP contribution in [-0.4, -0.2) is 75.6 Å². The molecule has 10 nitrogen and oxygen atoms in total. The van der Waals surface area contributed by atoms with Crippen molar-refractivity contribution in [1.29, 1.82) is 0 Å². The number of rotatable bonds is 5. The van der Waals surface area contributed by atoms with Crippen LogP contribution in [0.3, 0.4) is 0 Å². The fourth-order valence-corrected chi connectivity index (χ4v) is 1.32. The first kappa shape index (κ1) is 20.6. The van der Waals surface area contributed by atoms with Gasteiger partial charge in [0.15, 0.2) is 5.60 Å². The standard InChI is InChI=1S/C6H8O7.C4H10N2.H2O/c7-3(8)1-6(13,5(11)12)2-4(9)10;1-2-6-4-3-5-1;/h13H,1-2H2,(H,7,8)(H,9,10)(H,11,12);5-6H,1-4H2;1H2. The molecular weight excluding hydrogens is 276 g/mol. The number of aliphatic hydroxyl groups is 1. The molecule has 1 aliphatic rings. The SMILES string of the molecule is C1CNCCN1.O.O=C(O)CC(O)(CC(=O)O)C(=O)O. The van der Waals surface area contributed by atoms with Crippen molar-refractivity contribution in [2.45, 2.75) is 18.4 Å². The van der Waals surface area contributed by atoms with E-state index in [1.165, 1.54) is 0 Å². The van der Waals surface area contributed by atoms with Crippen molar-refractivity contribution < 1.29 is 40.3 Å². The highest BCUT2D eigenvalue weighted by atomic mass is 16.4. The van der Waals surface area contributed by atoms with Gasteiger partial charge in [-0.1, -0.05) is 0 Å². The van der Waals surface area contributed by atoms with E-state index in [2.05, 4.69) is 10.6 Å². The molecule has 0 saturated carbocycles. The van der Waals surface area contributed by atoms with Crippen molar-refractivity contribution in [3.05, 3.63) is 0 Å². The molecule has 1 fully saturated rings. The van der Waals surface area contributed by atoms with Gasteiger partial charge >= 0.3 is 17.9 Å². The molecule has 0 spiro atoms. The van der Waals surface area contributed by atoms with Crippen molar-refractivity contribution in [3.8, 4) is 0 Å². The molecule has 0 radical (unpaired) electrons. The second kappa shape index (κ2) is 10.1. The zero-order valence-electron chi connectivity index (χ0n) is 10.8. The summed E-state index contributed by atoms with van der Waals surface area (Å²) in [6, 6.07) is 0. The third-order valence-corrected chi connectivity index (χ3v) is 2.24. The third kappa shape index (κ3) is 9.22. The summed E-state index contributed by atoms with van der Waals surface area (Å²) >= 11 is 0. The smallest absolute Gasteiger partial charge is 0.336 e. The van der Waals surface area contributed by atoms with Crippen LogP contribution < -0.4 is 10.6 Å². The highest BCUT2D eigenvalue weighted by molar-refractivity contribution is 5.88. The lowest BCUT2D eigenvalue weighted by Gasteiger charge is -2.18. The van der Waals surface area contributed by atoms with Gasteiger partial charge in [0.2, 0.25) is 0 Å². The van der Waals surface area contributed by atoms with Crippen molar-refractivity contribution >= 4 is 17.9 Å². The van der Waals surface area contributed by atoms with Gasteiger partial charge in [0.1, 0.15) is 0 Å². The predicted molar refractivity (Wildman–Crippen MR) is 66.4 cm³/mol. The Kier molecular flexibility index (Phi) is 10.4. The quantitative estimate of drug-likeness (QED) is 0.309. The van der Waals surface area contributed by atoms with Crippen LogP contribution in [0.1, 0.15) is 12.8 Å². The highest BCUT2D eigenvalue weighted by Crippen LogP contribution is 2.15. The largest absolute Gasteiger partial charge is 0.481 e. The number of hydrogen-bond acceptors (Lipinski definition) is 6. The van der Waals surface area contributed by atoms with Crippen LogP contribution in [-0.2, 0) is 14.4 Å². The number of carbonyl (C=O) groups is 3. The molecule has 8 N–H and O–H groups in total. The van der Waals surface area contributed by atoms with Gasteiger partial charge in [0.05, 0.1) is 12.8 Å². The molecule has 1 rings (SSSR count). The maximum atomic E-state index is 10.3. The minimum atomic E-state index is -2.74. The topological polar surface area (TPSA) is 188 Å². The minimum absolute atomic E-state index is 0. The summed E-state index contributed by atoms with van der Waals surface area (Å²) < 4.78 is 0. The molecule has 0 atom stereocenters. The van der Waals surface area contributed by atoms with Gasteiger partial charge in [-0.25, -0.2) is 4.79 Å². The molecule has 118 valence electrons. The lowest BCUT2D eigenvalue weighted by Crippen LogP contribution is -2.42. The maximum Gasteiger partial charge on any atom is 0.336 e. The lowest BCUT2D eigenvalue weighted by molar-refractivity contribution is -0.170. The van der Waals surface area contributed by atoms with E-state index in [0.29, 0.717) is 0 Å². The summed E-state index contributed by atoms with van der Waals surface area (Å²) in [5, 5.41) is 40.3. The first-order valence-corrected chi connectivity index (χ1v) is 5.59. The summed E-state index contributed by atoms with van der Waals surface area (Å²) in [6.45, 7) is 4.56. The molecule has 10 heteroatoms. The number of hydrogen-bond donors (Lipinski definition) is 6. The molecule has 0 aromatic carbocycles. The fraction of sp³-hybridized carbons (Fsp3) is 0.700. The normalized spacial score (nSPS) is 14.2. The molecule has 0 aliphatic carbocycles. The van der Waals surface area contributed by atoms with Gasteiger partial charge in [0, 0.05) is 26.2 Å². The summed E-state index contributed by atoms with van der Waals surface area (Å²) in [7, 11) is 0. The Bertz CT molecular complexity index is 302. The van der Waals surface area contributed by atoms with E-state index < -0.39 is 36.4 Å². The maximum absolute atomic E-state index is 10.3. The summed E-state index contributed by atoms with van der Waals surface area (Å²) in [5.74, 6) is -5.02. The van der Waals surface area contributed by atoms with Crippen LogP contribution in [0.4, 0.5) is 0 Å². The number of piperazine rings is 1. The molecule has 0 aromatic heterocycles. The second-order valence-electron chi connectivity index (χ2n) is 3.98. The molecule has 1 saturated heterocycles. The van der Waals surface area contributed by atoms with Crippen LogP contribution in [0.2, 0.25) is 0 Å². The van der Waals surface area contributed by atoms with Crippen LogP contribution in [0.25, 0.3) is 0 Å². The number of aliphatic carboxylic acids is 3. The summed E-state index contributed by atoms with van der Waals surface area (Å²) in [5.41, 5.74) is -2.74. The Morgan fingerprint density at radius 1 is 0.850 bits per heavy atom. The highest BCUT2D eigenvalue weighted by Gasteiger charge is 2.40. The van der Waals surface area contributed by atoms with Crippen molar-refractivity contribution in [3.63, 3.8) is 0 Å². The van der Waals surface area contributed by atoms with E-state index in [1.807, 2.05) is 0 Å². The van der Waals surface area contributed by atoms with E-state index in [9.17, 15) is 14.4 Å². The van der Waals surface area contributed by atoms with E-state index >= 15 is 0 Å². The molecule has 0 aromatic rings. The lowest BCUT2D eigenvalue weighted by atomic mass is 9.96. The molecular formula is C10H20N2O8. The van der Waals surface area contributed by atoms with E-state index in [4.69, 9.17) is 20.4 Å². The zero-order valence-corrected chi connectivity index (χ0v) is 10.8. The summed E-state index contributed by atoms with van der Waals surface area (Å²) in [6.07, 6.45) is -2.29. The van der Waals surface area contributed by atoms with Crippen molar-refractivity contribution in [1.82, 2.24) is 10.6 Å². The molecule has 20 heavy (non-hydrogen) atoms. The zero-order chi connectivity index (χ0) is 14.9. The van der Waals surface area contributed by atoms with Gasteiger partial charge < -0.3 is 36.5 Å². The Morgan fingerprint density at radius 2 is 1.15 bits per heavy atom. The molecule has 0 amide bonds. The monoisotopic (exact) mass is 296 g/mol. The Labute approximate surface area is 114 Å². The molecule has 1 aliphatic heterocycles. The first-order valence-electron chi connectivity index (χ1n) is 5.59. The first-order chi connectivity index (χ1) is 8.78. The van der Waals surface area contributed by atoms with Gasteiger partial charge in [-0.05, 0) is 0 Å². The molecule has 0 unspecified atom stereocenters. The Hall–Kier alpha value is -1.75.